The minimum atomic E-state index is -3.25. The van der Waals surface area contributed by atoms with Gasteiger partial charge in [0.15, 0.2) is 0 Å². The molecule has 2 rings (SSSR count). The van der Waals surface area contributed by atoms with Gasteiger partial charge in [-0.2, -0.15) is 0 Å². The van der Waals surface area contributed by atoms with E-state index >= 15 is 0 Å². The third-order valence-electron chi connectivity index (χ3n) is 2.99. The molecule has 0 unspecified atom stereocenters. The number of rotatable bonds is 7. The molecule has 2 N–H and O–H groups in total. The molecule has 6 heteroatoms. The fourth-order valence-electron chi connectivity index (χ4n) is 1.99. The molecule has 0 aliphatic rings. The van der Waals surface area contributed by atoms with Crippen LogP contribution in [-0.2, 0) is 10.0 Å². The van der Waals surface area contributed by atoms with Gasteiger partial charge < -0.3 is 10.1 Å². The minimum absolute atomic E-state index is 0.122. The molecular formula is C16H20N2O3S. The molecule has 0 atom stereocenters. The van der Waals surface area contributed by atoms with Crippen molar-refractivity contribution in [3.05, 3.63) is 48.5 Å². The van der Waals surface area contributed by atoms with Crippen LogP contribution in [0.5, 0.6) is 5.75 Å². The van der Waals surface area contributed by atoms with E-state index < -0.39 is 10.0 Å². The van der Waals surface area contributed by atoms with Gasteiger partial charge in [0.2, 0.25) is 10.0 Å². The lowest BCUT2D eigenvalue weighted by molar-refractivity contribution is 0.415. The summed E-state index contributed by atoms with van der Waals surface area (Å²) in [5.41, 5.74) is 2.33. The maximum Gasteiger partial charge on any atom is 0.232 e. The molecule has 2 aromatic carbocycles. The van der Waals surface area contributed by atoms with E-state index in [0.29, 0.717) is 12.1 Å². The van der Waals surface area contributed by atoms with E-state index in [4.69, 9.17) is 4.74 Å². The Morgan fingerprint density at radius 1 is 1.00 bits per heavy atom. The van der Waals surface area contributed by atoms with Crippen LogP contribution in [0.2, 0.25) is 0 Å². The van der Waals surface area contributed by atoms with Crippen LogP contribution in [-0.4, -0.2) is 21.3 Å². The first kappa shape index (κ1) is 16.2. The van der Waals surface area contributed by atoms with Crippen LogP contribution < -0.4 is 14.8 Å². The van der Waals surface area contributed by atoms with Crippen LogP contribution in [0.4, 0.5) is 17.1 Å². The van der Waals surface area contributed by atoms with Crippen LogP contribution in [0.15, 0.2) is 48.5 Å². The summed E-state index contributed by atoms with van der Waals surface area (Å²) in [6, 6.07) is 14.7. The summed E-state index contributed by atoms with van der Waals surface area (Å²) < 4.78 is 31.1. The second kappa shape index (κ2) is 7.17. The average Bonchev–Trinajstić information content (AvgIpc) is 2.49. The third-order valence-corrected chi connectivity index (χ3v) is 4.48. The summed E-state index contributed by atoms with van der Waals surface area (Å²) in [7, 11) is -1.63. The van der Waals surface area contributed by atoms with Crippen molar-refractivity contribution in [2.75, 3.05) is 22.9 Å². The summed E-state index contributed by atoms with van der Waals surface area (Å²) in [6.07, 6.45) is 0.588. The second-order valence-electron chi connectivity index (χ2n) is 4.86. The molecule has 0 fully saturated rings. The number of ether oxygens (including phenoxy) is 1. The Balaban J connectivity index is 2.05. The van der Waals surface area contributed by atoms with Crippen molar-refractivity contribution in [2.45, 2.75) is 13.3 Å². The SMILES string of the molecule is CCCS(=O)(=O)Nc1ccc(Nc2cccc(OC)c2)cc1. The molecule has 0 aromatic heterocycles. The van der Waals surface area contributed by atoms with Crippen molar-refractivity contribution in [3.8, 4) is 5.75 Å². The summed E-state index contributed by atoms with van der Waals surface area (Å²) in [6.45, 7) is 1.83. The number of hydrogen-bond donors (Lipinski definition) is 2. The van der Waals surface area contributed by atoms with Crippen LogP contribution >= 0.6 is 0 Å². The van der Waals surface area contributed by atoms with Crippen molar-refractivity contribution in [1.82, 2.24) is 0 Å². The van der Waals surface area contributed by atoms with Gasteiger partial charge in [0.25, 0.3) is 0 Å². The van der Waals surface area contributed by atoms with Crippen LogP contribution in [0.25, 0.3) is 0 Å². The number of sulfonamides is 1. The Morgan fingerprint density at radius 2 is 1.68 bits per heavy atom. The maximum absolute atomic E-state index is 11.7. The van der Waals surface area contributed by atoms with Crippen molar-refractivity contribution in [3.63, 3.8) is 0 Å². The van der Waals surface area contributed by atoms with Gasteiger partial charge in [-0.1, -0.05) is 13.0 Å². The highest BCUT2D eigenvalue weighted by Crippen LogP contribution is 2.22. The molecule has 0 aliphatic carbocycles. The zero-order valence-electron chi connectivity index (χ0n) is 12.7. The molecule has 5 nitrogen and oxygen atoms in total. The van der Waals surface area contributed by atoms with Crippen molar-refractivity contribution in [1.29, 1.82) is 0 Å². The first-order chi connectivity index (χ1) is 10.5. The summed E-state index contributed by atoms with van der Waals surface area (Å²) in [5, 5.41) is 3.24. The van der Waals surface area contributed by atoms with Gasteiger partial charge in [-0.25, -0.2) is 8.42 Å². The molecular weight excluding hydrogens is 300 g/mol. The average molecular weight is 320 g/mol. The predicted molar refractivity (Wildman–Crippen MR) is 90.4 cm³/mol. The first-order valence-electron chi connectivity index (χ1n) is 7.04. The monoisotopic (exact) mass is 320 g/mol. The van der Waals surface area contributed by atoms with Gasteiger partial charge in [-0.05, 0) is 42.8 Å². The first-order valence-corrected chi connectivity index (χ1v) is 8.69. The Hall–Kier alpha value is -2.21. The Morgan fingerprint density at radius 3 is 2.32 bits per heavy atom. The summed E-state index contributed by atoms with van der Waals surface area (Å²) in [5.74, 6) is 0.894. The van der Waals surface area contributed by atoms with Gasteiger partial charge in [0, 0.05) is 23.1 Å². The molecule has 0 saturated heterocycles. The second-order valence-corrected chi connectivity index (χ2v) is 6.70. The van der Waals surface area contributed by atoms with Gasteiger partial charge >= 0.3 is 0 Å². The Bertz CT molecular complexity index is 712. The molecule has 0 saturated carbocycles. The number of anilines is 3. The predicted octanol–water partition coefficient (Wildman–Crippen LogP) is 3.59. The highest BCUT2D eigenvalue weighted by molar-refractivity contribution is 7.92. The molecule has 0 spiro atoms. The number of nitrogens with one attached hydrogen (secondary N) is 2. The largest absolute Gasteiger partial charge is 0.497 e. The fraction of sp³-hybridized carbons (Fsp3) is 0.250. The van der Waals surface area contributed by atoms with Crippen molar-refractivity contribution in [2.24, 2.45) is 0 Å². The number of methoxy groups -OCH3 is 1. The van der Waals surface area contributed by atoms with E-state index in [1.54, 1.807) is 19.2 Å². The number of hydrogen-bond acceptors (Lipinski definition) is 4. The fourth-order valence-corrected chi connectivity index (χ4v) is 3.12. The van der Waals surface area contributed by atoms with E-state index in [1.165, 1.54) is 0 Å². The van der Waals surface area contributed by atoms with E-state index in [2.05, 4.69) is 10.0 Å². The van der Waals surface area contributed by atoms with E-state index in [9.17, 15) is 8.42 Å². The van der Waals surface area contributed by atoms with E-state index in [-0.39, 0.29) is 5.75 Å². The van der Waals surface area contributed by atoms with Crippen molar-refractivity contribution >= 4 is 27.1 Å². The van der Waals surface area contributed by atoms with Gasteiger partial charge in [0.1, 0.15) is 5.75 Å². The molecule has 0 aliphatic heterocycles. The molecule has 2 aromatic rings. The Kier molecular flexibility index (Phi) is 5.27. The normalized spacial score (nSPS) is 11.0. The van der Waals surface area contributed by atoms with Crippen LogP contribution in [0.3, 0.4) is 0 Å². The zero-order chi connectivity index (χ0) is 16.0. The molecule has 0 radical (unpaired) electrons. The highest BCUT2D eigenvalue weighted by Gasteiger charge is 2.08. The van der Waals surface area contributed by atoms with E-state index in [0.717, 1.165) is 17.1 Å². The highest BCUT2D eigenvalue weighted by atomic mass is 32.2. The standard InChI is InChI=1S/C16H20N2O3S/c1-3-11-22(19,20)18-14-9-7-13(8-10-14)17-15-5-4-6-16(12-15)21-2/h4-10,12,17-18H,3,11H2,1-2H3. The smallest absolute Gasteiger partial charge is 0.232 e. The van der Waals surface area contributed by atoms with Gasteiger partial charge in [-0.3, -0.25) is 4.72 Å². The van der Waals surface area contributed by atoms with Gasteiger partial charge in [-0.15, -0.1) is 0 Å². The van der Waals surface area contributed by atoms with Gasteiger partial charge in [0.05, 0.1) is 12.9 Å². The summed E-state index contributed by atoms with van der Waals surface area (Å²) >= 11 is 0. The third kappa shape index (κ3) is 4.66. The quantitative estimate of drug-likeness (QED) is 0.818. The van der Waals surface area contributed by atoms with Crippen molar-refractivity contribution < 1.29 is 13.2 Å². The minimum Gasteiger partial charge on any atom is -0.497 e. The zero-order valence-corrected chi connectivity index (χ0v) is 13.5. The number of benzene rings is 2. The molecule has 0 bridgehead atoms. The van der Waals surface area contributed by atoms with Crippen LogP contribution in [0.1, 0.15) is 13.3 Å². The molecule has 0 amide bonds. The topological polar surface area (TPSA) is 67.4 Å². The summed E-state index contributed by atoms with van der Waals surface area (Å²) in [4.78, 5) is 0. The molecule has 22 heavy (non-hydrogen) atoms. The lowest BCUT2D eigenvalue weighted by Crippen LogP contribution is -2.15. The molecule has 0 heterocycles. The molecule has 118 valence electrons. The van der Waals surface area contributed by atoms with E-state index in [1.807, 2.05) is 43.3 Å². The lowest BCUT2D eigenvalue weighted by Gasteiger charge is -2.10. The maximum atomic E-state index is 11.7. The van der Waals surface area contributed by atoms with Crippen LogP contribution in [0, 0.1) is 0 Å². The Labute approximate surface area is 131 Å². The lowest BCUT2D eigenvalue weighted by atomic mass is 10.2.